The molecule has 3 aromatic rings. The zero-order valence-electron chi connectivity index (χ0n) is 14.9. The number of hydrogen-bond donors (Lipinski definition) is 2. The maximum Gasteiger partial charge on any atom is 0.335 e. The Hall–Kier alpha value is -2.84. The second kappa shape index (κ2) is 8.90. The van der Waals surface area contributed by atoms with Crippen LogP contribution in [0.2, 0.25) is 5.02 Å². The van der Waals surface area contributed by atoms with Gasteiger partial charge in [-0.3, -0.25) is 4.79 Å². The van der Waals surface area contributed by atoms with Crippen molar-refractivity contribution in [3.63, 3.8) is 0 Å². The van der Waals surface area contributed by atoms with Crippen LogP contribution < -0.4 is 5.32 Å². The van der Waals surface area contributed by atoms with E-state index in [1.165, 1.54) is 23.9 Å². The molecule has 0 unspecified atom stereocenters. The van der Waals surface area contributed by atoms with Crippen LogP contribution in [0.15, 0.2) is 53.7 Å². The van der Waals surface area contributed by atoms with Crippen LogP contribution in [-0.4, -0.2) is 37.5 Å². The van der Waals surface area contributed by atoms with E-state index in [2.05, 4.69) is 15.5 Å². The monoisotopic (exact) mass is 416 g/mol. The zero-order valence-corrected chi connectivity index (χ0v) is 16.5. The molecular weight excluding hydrogens is 400 g/mol. The average molecular weight is 417 g/mol. The van der Waals surface area contributed by atoms with Crippen LogP contribution in [0.1, 0.15) is 17.3 Å². The van der Waals surface area contributed by atoms with Crippen molar-refractivity contribution in [3.05, 3.63) is 59.1 Å². The molecule has 0 fully saturated rings. The van der Waals surface area contributed by atoms with Gasteiger partial charge in [-0.25, -0.2) is 4.79 Å². The third kappa shape index (κ3) is 4.52. The number of thioether (sulfide) groups is 1. The number of hydrogen-bond acceptors (Lipinski definition) is 5. The largest absolute Gasteiger partial charge is 0.478 e. The number of amides is 1. The zero-order chi connectivity index (χ0) is 20.1. The molecule has 0 saturated carbocycles. The molecule has 0 radical (unpaired) electrons. The van der Waals surface area contributed by atoms with Crippen molar-refractivity contribution < 1.29 is 14.7 Å². The molecule has 0 saturated heterocycles. The number of carboxylic acid groups (broad SMARTS) is 1. The Bertz CT molecular complexity index is 1000. The van der Waals surface area contributed by atoms with Crippen molar-refractivity contribution in [2.45, 2.75) is 18.6 Å². The first-order chi connectivity index (χ1) is 13.5. The van der Waals surface area contributed by atoms with Crippen molar-refractivity contribution in [2.24, 2.45) is 0 Å². The molecule has 1 amide bonds. The van der Waals surface area contributed by atoms with Crippen LogP contribution in [0, 0.1) is 0 Å². The Morgan fingerprint density at radius 2 is 1.86 bits per heavy atom. The summed E-state index contributed by atoms with van der Waals surface area (Å²) in [5.74, 6) is -0.443. The second-order valence-corrected chi connectivity index (χ2v) is 7.10. The summed E-state index contributed by atoms with van der Waals surface area (Å²) in [4.78, 5) is 23.1. The molecule has 0 spiro atoms. The number of halogens is 1. The van der Waals surface area contributed by atoms with Gasteiger partial charge in [-0.05, 0) is 43.3 Å². The molecule has 2 N–H and O–H groups in total. The quantitative estimate of drug-likeness (QED) is 0.564. The molecule has 0 bridgehead atoms. The number of nitrogens with one attached hydrogen (secondary N) is 1. The Morgan fingerprint density at radius 3 is 2.50 bits per heavy atom. The molecule has 7 nitrogen and oxygen atoms in total. The van der Waals surface area contributed by atoms with Gasteiger partial charge in [0.1, 0.15) is 0 Å². The highest BCUT2D eigenvalue weighted by atomic mass is 35.5. The lowest BCUT2D eigenvalue weighted by Crippen LogP contribution is -2.14. The molecule has 2 aromatic carbocycles. The van der Waals surface area contributed by atoms with Gasteiger partial charge in [0.2, 0.25) is 5.91 Å². The molecule has 0 aliphatic heterocycles. The minimum Gasteiger partial charge on any atom is -0.478 e. The average Bonchev–Trinajstić information content (AvgIpc) is 3.10. The lowest BCUT2D eigenvalue weighted by Gasteiger charge is -2.09. The fourth-order valence-electron chi connectivity index (χ4n) is 2.55. The van der Waals surface area contributed by atoms with Gasteiger partial charge in [-0.15, -0.1) is 10.2 Å². The molecule has 3 rings (SSSR count). The SMILES string of the molecule is CCn1c(SCC(=O)Nc2ccc(C(=O)O)cc2)nnc1-c1ccccc1Cl. The maximum atomic E-state index is 12.2. The highest BCUT2D eigenvalue weighted by Crippen LogP contribution is 2.29. The van der Waals surface area contributed by atoms with Gasteiger partial charge in [0.15, 0.2) is 11.0 Å². The van der Waals surface area contributed by atoms with E-state index >= 15 is 0 Å². The Balaban J connectivity index is 1.67. The van der Waals surface area contributed by atoms with Crippen molar-refractivity contribution >= 4 is 40.9 Å². The maximum absolute atomic E-state index is 12.2. The van der Waals surface area contributed by atoms with Gasteiger partial charge in [-0.1, -0.05) is 35.5 Å². The van der Waals surface area contributed by atoms with E-state index in [-0.39, 0.29) is 17.2 Å². The smallest absolute Gasteiger partial charge is 0.335 e. The van der Waals surface area contributed by atoms with E-state index in [4.69, 9.17) is 16.7 Å². The Kier molecular flexibility index (Phi) is 6.33. The number of anilines is 1. The summed E-state index contributed by atoms with van der Waals surface area (Å²) in [6.45, 7) is 2.60. The number of aromatic carboxylic acids is 1. The molecule has 144 valence electrons. The highest BCUT2D eigenvalue weighted by Gasteiger charge is 2.16. The molecular formula is C19H17ClN4O3S. The first kappa shape index (κ1) is 19.9. The van der Waals surface area contributed by atoms with Gasteiger partial charge in [0.05, 0.1) is 16.3 Å². The van der Waals surface area contributed by atoms with E-state index in [9.17, 15) is 9.59 Å². The minimum absolute atomic E-state index is 0.140. The number of carbonyl (C=O) groups excluding carboxylic acids is 1. The normalized spacial score (nSPS) is 10.6. The van der Waals surface area contributed by atoms with Crippen LogP contribution in [0.5, 0.6) is 0 Å². The lowest BCUT2D eigenvalue weighted by molar-refractivity contribution is -0.113. The van der Waals surface area contributed by atoms with Gasteiger partial charge >= 0.3 is 5.97 Å². The van der Waals surface area contributed by atoms with E-state index in [1.54, 1.807) is 18.2 Å². The molecule has 0 aliphatic carbocycles. The number of carbonyl (C=O) groups is 2. The number of nitrogens with zero attached hydrogens (tertiary/aromatic N) is 3. The van der Waals surface area contributed by atoms with Gasteiger partial charge in [0, 0.05) is 17.8 Å². The summed E-state index contributed by atoms with van der Waals surface area (Å²) < 4.78 is 1.90. The Morgan fingerprint density at radius 1 is 1.14 bits per heavy atom. The number of rotatable bonds is 7. The third-order valence-corrected chi connectivity index (χ3v) is 5.19. The molecule has 1 aromatic heterocycles. The first-order valence-corrected chi connectivity index (χ1v) is 9.80. The van der Waals surface area contributed by atoms with E-state index in [1.807, 2.05) is 29.7 Å². The fourth-order valence-corrected chi connectivity index (χ4v) is 3.57. The summed E-state index contributed by atoms with van der Waals surface area (Å²) in [6.07, 6.45) is 0. The number of aromatic nitrogens is 3. The van der Waals surface area contributed by atoms with Gasteiger partial charge in [-0.2, -0.15) is 0 Å². The van der Waals surface area contributed by atoms with Crippen LogP contribution in [0.25, 0.3) is 11.4 Å². The fraction of sp³-hybridized carbons (Fsp3) is 0.158. The van der Waals surface area contributed by atoms with Crippen LogP contribution in [0.3, 0.4) is 0 Å². The van der Waals surface area contributed by atoms with Gasteiger partial charge in [0.25, 0.3) is 0 Å². The molecule has 0 atom stereocenters. The van der Waals surface area contributed by atoms with Crippen molar-refractivity contribution in [3.8, 4) is 11.4 Å². The molecule has 28 heavy (non-hydrogen) atoms. The number of carboxylic acids is 1. The third-order valence-electron chi connectivity index (χ3n) is 3.90. The van der Waals surface area contributed by atoms with Crippen LogP contribution >= 0.6 is 23.4 Å². The topological polar surface area (TPSA) is 97.1 Å². The summed E-state index contributed by atoms with van der Waals surface area (Å²) in [5.41, 5.74) is 1.48. The summed E-state index contributed by atoms with van der Waals surface area (Å²) in [7, 11) is 0. The molecule has 9 heteroatoms. The standard InChI is InChI=1S/C19H17ClN4O3S/c1-2-24-17(14-5-3-4-6-15(14)20)22-23-19(24)28-11-16(25)21-13-9-7-12(8-10-13)18(26)27/h3-10H,2,11H2,1H3,(H,21,25)(H,26,27). The van der Waals surface area contributed by atoms with E-state index < -0.39 is 5.97 Å². The van der Waals surface area contributed by atoms with E-state index in [0.717, 1.165) is 5.56 Å². The van der Waals surface area contributed by atoms with E-state index in [0.29, 0.717) is 28.2 Å². The van der Waals surface area contributed by atoms with Crippen molar-refractivity contribution in [1.82, 2.24) is 14.8 Å². The summed E-state index contributed by atoms with van der Waals surface area (Å²) in [5, 5.41) is 21.3. The Labute approximate surface area is 170 Å². The molecule has 1 heterocycles. The number of benzene rings is 2. The summed E-state index contributed by atoms with van der Waals surface area (Å²) >= 11 is 7.53. The first-order valence-electron chi connectivity index (χ1n) is 8.43. The van der Waals surface area contributed by atoms with Crippen LogP contribution in [-0.2, 0) is 11.3 Å². The van der Waals surface area contributed by atoms with Crippen LogP contribution in [0.4, 0.5) is 5.69 Å². The second-order valence-electron chi connectivity index (χ2n) is 5.75. The van der Waals surface area contributed by atoms with Crippen molar-refractivity contribution in [1.29, 1.82) is 0 Å². The molecule has 0 aliphatic rings. The van der Waals surface area contributed by atoms with Crippen molar-refractivity contribution in [2.75, 3.05) is 11.1 Å². The predicted molar refractivity (Wildman–Crippen MR) is 109 cm³/mol. The lowest BCUT2D eigenvalue weighted by atomic mass is 10.2. The minimum atomic E-state index is -1.01. The predicted octanol–water partition coefficient (Wildman–Crippen LogP) is 4.05. The van der Waals surface area contributed by atoms with Gasteiger partial charge < -0.3 is 15.0 Å². The summed E-state index contributed by atoms with van der Waals surface area (Å²) in [6, 6.07) is 13.4. The highest BCUT2D eigenvalue weighted by molar-refractivity contribution is 7.99.